The number of carbonyl (C=O) groups excluding carboxylic acids is 2. The standard InChI is InChI=1S/C14H12FN3O3/c1-8-4-9(7-16)11(5-10(8)15)17-12-6-13(20)18(2-3-19)14(12)21/h4-6,17,19H,2-3H2,1H3. The highest BCUT2D eigenvalue weighted by atomic mass is 19.1. The minimum Gasteiger partial charge on any atom is -0.395 e. The second-order valence-electron chi connectivity index (χ2n) is 4.46. The summed E-state index contributed by atoms with van der Waals surface area (Å²) in [6.45, 7) is 1.06. The molecule has 0 radical (unpaired) electrons. The van der Waals surface area contributed by atoms with Crippen LogP contribution in [0.5, 0.6) is 0 Å². The quantitative estimate of drug-likeness (QED) is 0.794. The Hall–Kier alpha value is -2.72. The average Bonchev–Trinajstić information content (AvgIpc) is 2.70. The molecule has 0 spiro atoms. The number of imide groups is 1. The molecule has 0 fully saturated rings. The molecule has 0 bridgehead atoms. The van der Waals surface area contributed by atoms with Crippen LogP contribution in [0.4, 0.5) is 10.1 Å². The maximum absolute atomic E-state index is 13.6. The smallest absolute Gasteiger partial charge is 0.277 e. The van der Waals surface area contributed by atoms with Crippen LogP contribution in [0.25, 0.3) is 0 Å². The third-order valence-electron chi connectivity index (χ3n) is 3.02. The Bertz CT molecular complexity index is 691. The first-order chi connectivity index (χ1) is 9.97. The van der Waals surface area contributed by atoms with E-state index in [2.05, 4.69) is 5.32 Å². The van der Waals surface area contributed by atoms with E-state index in [-0.39, 0.29) is 30.1 Å². The van der Waals surface area contributed by atoms with Crippen molar-refractivity contribution in [1.82, 2.24) is 4.90 Å². The summed E-state index contributed by atoms with van der Waals surface area (Å²) in [5, 5.41) is 20.4. The average molecular weight is 289 g/mol. The lowest BCUT2D eigenvalue weighted by atomic mass is 10.1. The topological polar surface area (TPSA) is 93.4 Å². The Morgan fingerprint density at radius 3 is 2.76 bits per heavy atom. The summed E-state index contributed by atoms with van der Waals surface area (Å²) in [5.41, 5.74) is 0.518. The van der Waals surface area contributed by atoms with E-state index in [0.717, 1.165) is 17.0 Å². The fraction of sp³-hybridized carbons (Fsp3) is 0.214. The maximum atomic E-state index is 13.6. The second kappa shape index (κ2) is 5.73. The van der Waals surface area contributed by atoms with Gasteiger partial charge in [0.2, 0.25) is 0 Å². The van der Waals surface area contributed by atoms with Crippen LogP contribution in [-0.4, -0.2) is 35.0 Å². The van der Waals surface area contributed by atoms with E-state index in [1.165, 1.54) is 13.0 Å². The van der Waals surface area contributed by atoms with Crippen LogP contribution in [0, 0.1) is 24.1 Å². The van der Waals surface area contributed by atoms with Gasteiger partial charge in [-0.3, -0.25) is 14.5 Å². The lowest BCUT2D eigenvalue weighted by Gasteiger charge is -2.14. The number of benzene rings is 1. The highest BCUT2D eigenvalue weighted by molar-refractivity contribution is 6.17. The number of β-amino-alcohol motifs (C(OH)–C–C–N with tert-alkyl or cyclic N) is 1. The minimum atomic E-state index is -0.626. The molecule has 6 nitrogen and oxygen atoms in total. The Balaban J connectivity index is 2.30. The molecule has 0 atom stereocenters. The van der Waals surface area contributed by atoms with Gasteiger partial charge in [-0.05, 0) is 24.6 Å². The summed E-state index contributed by atoms with van der Waals surface area (Å²) in [4.78, 5) is 24.4. The normalized spacial score (nSPS) is 14.2. The van der Waals surface area contributed by atoms with E-state index in [0.29, 0.717) is 5.56 Å². The van der Waals surface area contributed by atoms with Crippen LogP contribution in [-0.2, 0) is 9.59 Å². The molecule has 0 saturated heterocycles. The van der Waals surface area contributed by atoms with Crippen LogP contribution >= 0.6 is 0 Å². The van der Waals surface area contributed by atoms with Gasteiger partial charge in [-0.2, -0.15) is 5.26 Å². The SMILES string of the molecule is Cc1cc(C#N)c(NC2=CC(=O)N(CCO)C2=O)cc1F. The Morgan fingerprint density at radius 2 is 2.14 bits per heavy atom. The van der Waals surface area contributed by atoms with Gasteiger partial charge >= 0.3 is 0 Å². The number of aliphatic hydroxyl groups is 1. The Labute approximate surface area is 120 Å². The summed E-state index contributed by atoms with van der Waals surface area (Å²) in [6, 6.07) is 4.34. The monoisotopic (exact) mass is 289 g/mol. The van der Waals surface area contributed by atoms with Crippen LogP contribution in [0.1, 0.15) is 11.1 Å². The summed E-state index contributed by atoms with van der Waals surface area (Å²) < 4.78 is 13.6. The molecule has 1 heterocycles. The molecular formula is C14H12FN3O3. The van der Waals surface area contributed by atoms with E-state index in [1.807, 2.05) is 6.07 Å². The van der Waals surface area contributed by atoms with Crippen molar-refractivity contribution < 1.29 is 19.1 Å². The van der Waals surface area contributed by atoms with Crippen molar-refractivity contribution in [2.24, 2.45) is 0 Å². The van der Waals surface area contributed by atoms with Crippen LogP contribution in [0.2, 0.25) is 0 Å². The number of aliphatic hydroxyl groups excluding tert-OH is 1. The molecule has 21 heavy (non-hydrogen) atoms. The number of hydrogen-bond donors (Lipinski definition) is 2. The van der Waals surface area contributed by atoms with Crippen molar-refractivity contribution in [2.75, 3.05) is 18.5 Å². The van der Waals surface area contributed by atoms with Crippen LogP contribution < -0.4 is 5.32 Å². The zero-order chi connectivity index (χ0) is 15.6. The molecule has 0 unspecified atom stereocenters. The van der Waals surface area contributed by atoms with Gasteiger partial charge in [0.05, 0.1) is 24.4 Å². The molecule has 2 rings (SSSR count). The Morgan fingerprint density at radius 1 is 1.43 bits per heavy atom. The number of rotatable bonds is 4. The van der Waals surface area contributed by atoms with Gasteiger partial charge in [0.25, 0.3) is 11.8 Å². The summed E-state index contributed by atoms with van der Waals surface area (Å²) in [5.74, 6) is -1.72. The molecule has 2 amide bonds. The van der Waals surface area contributed by atoms with E-state index < -0.39 is 17.6 Å². The predicted octanol–water partition coefficient (Wildman–Crippen LogP) is 0.663. The van der Waals surface area contributed by atoms with Gasteiger partial charge in [0.15, 0.2) is 0 Å². The molecule has 1 aliphatic heterocycles. The summed E-state index contributed by atoms with van der Waals surface area (Å²) >= 11 is 0. The van der Waals surface area contributed by atoms with E-state index >= 15 is 0 Å². The second-order valence-corrected chi connectivity index (χ2v) is 4.46. The predicted molar refractivity (Wildman–Crippen MR) is 71.4 cm³/mol. The van der Waals surface area contributed by atoms with Gasteiger partial charge in [-0.25, -0.2) is 4.39 Å². The van der Waals surface area contributed by atoms with Crippen molar-refractivity contribution in [3.63, 3.8) is 0 Å². The van der Waals surface area contributed by atoms with Crippen molar-refractivity contribution >= 4 is 17.5 Å². The first kappa shape index (κ1) is 14.7. The zero-order valence-electron chi connectivity index (χ0n) is 11.2. The summed E-state index contributed by atoms with van der Waals surface area (Å²) in [7, 11) is 0. The minimum absolute atomic E-state index is 0.0618. The molecule has 2 N–H and O–H groups in total. The highest BCUT2D eigenvalue weighted by Crippen LogP contribution is 2.23. The number of nitrogens with zero attached hydrogens (tertiary/aromatic N) is 2. The van der Waals surface area contributed by atoms with Crippen molar-refractivity contribution in [3.8, 4) is 6.07 Å². The van der Waals surface area contributed by atoms with E-state index in [4.69, 9.17) is 10.4 Å². The van der Waals surface area contributed by atoms with E-state index in [9.17, 15) is 14.0 Å². The number of halogens is 1. The molecule has 108 valence electrons. The van der Waals surface area contributed by atoms with Crippen molar-refractivity contribution in [3.05, 3.63) is 40.8 Å². The molecule has 1 aromatic carbocycles. The van der Waals surface area contributed by atoms with Gasteiger partial charge in [-0.15, -0.1) is 0 Å². The lowest BCUT2D eigenvalue weighted by Crippen LogP contribution is -2.34. The molecule has 1 aliphatic rings. The van der Waals surface area contributed by atoms with Gasteiger partial charge < -0.3 is 10.4 Å². The molecular weight excluding hydrogens is 277 g/mol. The largest absolute Gasteiger partial charge is 0.395 e. The zero-order valence-corrected chi connectivity index (χ0v) is 11.2. The first-order valence-corrected chi connectivity index (χ1v) is 6.13. The Kier molecular flexibility index (Phi) is 4.00. The number of aryl methyl sites for hydroxylation is 1. The van der Waals surface area contributed by atoms with Gasteiger partial charge in [0, 0.05) is 6.08 Å². The molecule has 0 aromatic heterocycles. The fourth-order valence-corrected chi connectivity index (χ4v) is 1.93. The summed E-state index contributed by atoms with van der Waals surface area (Å²) in [6.07, 6.45) is 1.05. The fourth-order valence-electron chi connectivity index (χ4n) is 1.93. The molecule has 0 saturated carbocycles. The number of carbonyl (C=O) groups is 2. The molecule has 7 heteroatoms. The van der Waals surface area contributed by atoms with Gasteiger partial charge in [-0.1, -0.05) is 0 Å². The number of hydrogen-bond acceptors (Lipinski definition) is 5. The number of amides is 2. The number of anilines is 1. The first-order valence-electron chi connectivity index (χ1n) is 6.13. The maximum Gasteiger partial charge on any atom is 0.277 e. The molecule has 1 aromatic rings. The third-order valence-corrected chi connectivity index (χ3v) is 3.02. The van der Waals surface area contributed by atoms with Crippen molar-refractivity contribution in [2.45, 2.75) is 6.92 Å². The van der Waals surface area contributed by atoms with E-state index in [1.54, 1.807) is 0 Å². The number of nitriles is 1. The van der Waals surface area contributed by atoms with Gasteiger partial charge in [0.1, 0.15) is 17.6 Å². The third kappa shape index (κ3) is 2.75. The molecule has 0 aliphatic carbocycles. The van der Waals surface area contributed by atoms with Crippen LogP contribution in [0.15, 0.2) is 23.9 Å². The lowest BCUT2D eigenvalue weighted by molar-refractivity contribution is -0.137. The van der Waals surface area contributed by atoms with Crippen molar-refractivity contribution in [1.29, 1.82) is 5.26 Å². The highest BCUT2D eigenvalue weighted by Gasteiger charge is 2.31. The van der Waals surface area contributed by atoms with Crippen LogP contribution in [0.3, 0.4) is 0 Å². The number of nitrogens with one attached hydrogen (secondary N) is 1.